The summed E-state index contributed by atoms with van der Waals surface area (Å²) in [6, 6.07) is -3.99. The first-order valence-electron chi connectivity index (χ1n) is 9.61. The van der Waals surface area contributed by atoms with Gasteiger partial charge in [-0.15, -0.1) is 0 Å². The molecule has 4 unspecified atom stereocenters. The molecule has 1 rings (SSSR count). The van der Waals surface area contributed by atoms with E-state index in [4.69, 9.17) is 16.6 Å². The number of carbonyl (C=O) groups excluding carboxylic acids is 4. The van der Waals surface area contributed by atoms with Crippen LogP contribution in [0.15, 0.2) is 0 Å². The van der Waals surface area contributed by atoms with E-state index < -0.39 is 60.2 Å². The van der Waals surface area contributed by atoms with Crippen LogP contribution in [-0.4, -0.2) is 70.3 Å². The highest BCUT2D eigenvalue weighted by molar-refractivity contribution is 5.95. The molecule has 0 aromatic heterocycles. The van der Waals surface area contributed by atoms with Gasteiger partial charge < -0.3 is 32.1 Å². The second kappa shape index (κ2) is 10.7. The Balaban J connectivity index is 2.75. The summed E-state index contributed by atoms with van der Waals surface area (Å²) >= 11 is 0. The highest BCUT2D eigenvalue weighted by Gasteiger charge is 2.38. The Labute approximate surface area is 169 Å². The van der Waals surface area contributed by atoms with Gasteiger partial charge in [-0.05, 0) is 32.1 Å². The van der Waals surface area contributed by atoms with Crippen molar-refractivity contribution in [2.24, 2.45) is 17.4 Å². The molecule has 1 heterocycles. The van der Waals surface area contributed by atoms with Gasteiger partial charge in [0.2, 0.25) is 23.6 Å². The van der Waals surface area contributed by atoms with Crippen LogP contribution in [0.4, 0.5) is 0 Å². The molecule has 29 heavy (non-hydrogen) atoms. The smallest absolute Gasteiger partial charge is 0.326 e. The fraction of sp³-hybridized carbons (Fsp3) is 0.722. The van der Waals surface area contributed by atoms with E-state index >= 15 is 0 Å². The maximum Gasteiger partial charge on any atom is 0.326 e. The Morgan fingerprint density at radius 3 is 2.28 bits per heavy atom. The maximum atomic E-state index is 12.7. The zero-order valence-electron chi connectivity index (χ0n) is 17.0. The highest BCUT2D eigenvalue weighted by atomic mass is 16.4. The van der Waals surface area contributed by atoms with E-state index in [-0.39, 0.29) is 5.92 Å². The second-order valence-corrected chi connectivity index (χ2v) is 7.73. The molecule has 7 N–H and O–H groups in total. The van der Waals surface area contributed by atoms with Gasteiger partial charge in [0.05, 0.1) is 12.5 Å². The number of primary amides is 1. The number of likely N-dealkylation sites (tertiary alicyclic amines) is 1. The van der Waals surface area contributed by atoms with Crippen molar-refractivity contribution in [1.82, 2.24) is 15.5 Å². The van der Waals surface area contributed by atoms with Crippen LogP contribution >= 0.6 is 0 Å². The molecule has 1 saturated heterocycles. The van der Waals surface area contributed by atoms with Crippen molar-refractivity contribution >= 4 is 29.6 Å². The molecule has 1 aliphatic heterocycles. The first kappa shape index (κ1) is 24.3. The average Bonchev–Trinajstić information content (AvgIpc) is 3.08. The van der Waals surface area contributed by atoms with Gasteiger partial charge in [0, 0.05) is 6.54 Å². The Morgan fingerprint density at radius 1 is 1.14 bits per heavy atom. The van der Waals surface area contributed by atoms with Crippen LogP contribution in [0.3, 0.4) is 0 Å². The molecule has 0 aromatic carbocycles. The van der Waals surface area contributed by atoms with Gasteiger partial charge in [0.25, 0.3) is 0 Å². The van der Waals surface area contributed by atoms with Crippen LogP contribution in [-0.2, 0) is 24.0 Å². The third kappa shape index (κ3) is 7.33. The molecule has 0 aliphatic carbocycles. The van der Waals surface area contributed by atoms with Crippen molar-refractivity contribution in [3.05, 3.63) is 0 Å². The van der Waals surface area contributed by atoms with Gasteiger partial charge in [-0.2, -0.15) is 0 Å². The fourth-order valence-corrected chi connectivity index (χ4v) is 3.22. The molecule has 1 fully saturated rings. The van der Waals surface area contributed by atoms with Gasteiger partial charge in [-0.25, -0.2) is 4.79 Å². The quantitative estimate of drug-likeness (QED) is 0.282. The summed E-state index contributed by atoms with van der Waals surface area (Å²) in [6.45, 7) is 5.65. The van der Waals surface area contributed by atoms with Gasteiger partial charge in [-0.3, -0.25) is 19.2 Å². The standard InChI is InChI=1S/C18H31N5O6/c1-9(2)7-11(19)15(25)21-10(3)17(27)23-6-4-5-13(23)16(26)22-12(18(28)29)8-14(20)24/h9-13H,4-8,19H2,1-3H3,(H2,20,24)(H,21,25)(H,22,26)(H,28,29). The molecule has 4 atom stereocenters. The van der Waals surface area contributed by atoms with Crippen molar-refractivity contribution in [3.8, 4) is 0 Å². The van der Waals surface area contributed by atoms with Crippen molar-refractivity contribution in [1.29, 1.82) is 0 Å². The molecule has 11 heteroatoms. The summed E-state index contributed by atoms with van der Waals surface area (Å²) in [4.78, 5) is 60.9. The number of nitrogens with two attached hydrogens (primary N) is 2. The van der Waals surface area contributed by atoms with E-state index in [1.165, 1.54) is 11.8 Å². The molecule has 0 bridgehead atoms. The summed E-state index contributed by atoms with van der Waals surface area (Å²) in [5.74, 6) is -3.64. The van der Waals surface area contributed by atoms with Crippen LogP contribution in [0.25, 0.3) is 0 Å². The van der Waals surface area contributed by atoms with E-state index in [9.17, 15) is 24.0 Å². The first-order valence-corrected chi connectivity index (χ1v) is 9.61. The monoisotopic (exact) mass is 413 g/mol. The minimum atomic E-state index is -1.47. The number of nitrogens with zero attached hydrogens (tertiary/aromatic N) is 1. The van der Waals surface area contributed by atoms with E-state index in [1.807, 2.05) is 13.8 Å². The zero-order chi connectivity index (χ0) is 22.3. The van der Waals surface area contributed by atoms with Crippen LogP contribution in [0.5, 0.6) is 0 Å². The third-order valence-corrected chi connectivity index (χ3v) is 4.65. The number of carboxylic acids is 1. The summed E-state index contributed by atoms with van der Waals surface area (Å²) < 4.78 is 0. The minimum Gasteiger partial charge on any atom is -0.480 e. The Kier molecular flexibility index (Phi) is 9.02. The van der Waals surface area contributed by atoms with Crippen LogP contribution < -0.4 is 22.1 Å². The molecule has 0 spiro atoms. The maximum absolute atomic E-state index is 12.7. The average molecular weight is 413 g/mol. The topological polar surface area (TPSA) is 185 Å². The fourth-order valence-electron chi connectivity index (χ4n) is 3.22. The number of hydrogen-bond donors (Lipinski definition) is 5. The molecule has 0 saturated carbocycles. The van der Waals surface area contributed by atoms with Crippen LogP contribution in [0.2, 0.25) is 0 Å². The lowest BCUT2D eigenvalue weighted by molar-refractivity contribution is -0.145. The predicted molar refractivity (Wildman–Crippen MR) is 103 cm³/mol. The Hall–Kier alpha value is -2.69. The number of carbonyl (C=O) groups is 5. The normalized spacial score (nSPS) is 19.3. The van der Waals surface area contributed by atoms with E-state index in [1.54, 1.807) is 0 Å². The summed E-state index contributed by atoms with van der Waals surface area (Å²) in [5, 5.41) is 13.9. The van der Waals surface area contributed by atoms with Gasteiger partial charge >= 0.3 is 5.97 Å². The number of carboxylic acid groups (broad SMARTS) is 1. The summed E-state index contributed by atoms with van der Waals surface area (Å²) in [5.41, 5.74) is 10.8. The summed E-state index contributed by atoms with van der Waals surface area (Å²) in [6.07, 6.45) is 0.804. The number of amides is 4. The van der Waals surface area contributed by atoms with E-state index in [0.717, 1.165) is 0 Å². The van der Waals surface area contributed by atoms with Crippen molar-refractivity contribution in [2.75, 3.05) is 6.54 Å². The van der Waals surface area contributed by atoms with Gasteiger partial charge in [0.1, 0.15) is 18.1 Å². The Bertz CT molecular complexity index is 653. The van der Waals surface area contributed by atoms with Crippen LogP contribution in [0.1, 0.15) is 46.5 Å². The third-order valence-electron chi connectivity index (χ3n) is 4.65. The molecule has 1 aliphatic rings. The number of hydrogen-bond acceptors (Lipinski definition) is 6. The van der Waals surface area contributed by atoms with Gasteiger partial charge in [0.15, 0.2) is 0 Å². The van der Waals surface area contributed by atoms with Crippen molar-refractivity contribution < 1.29 is 29.1 Å². The zero-order valence-corrected chi connectivity index (χ0v) is 17.0. The molecular formula is C18H31N5O6. The Morgan fingerprint density at radius 2 is 1.76 bits per heavy atom. The largest absolute Gasteiger partial charge is 0.480 e. The van der Waals surface area contributed by atoms with Gasteiger partial charge in [-0.1, -0.05) is 13.8 Å². The number of rotatable bonds is 10. The lowest BCUT2D eigenvalue weighted by Crippen LogP contribution is -2.56. The number of aliphatic carboxylic acids is 1. The van der Waals surface area contributed by atoms with Crippen LogP contribution in [0, 0.1) is 5.92 Å². The lowest BCUT2D eigenvalue weighted by atomic mass is 10.0. The molecular weight excluding hydrogens is 382 g/mol. The van der Waals surface area contributed by atoms with E-state index in [2.05, 4.69) is 10.6 Å². The molecule has 11 nitrogen and oxygen atoms in total. The highest BCUT2D eigenvalue weighted by Crippen LogP contribution is 2.19. The molecule has 4 amide bonds. The number of nitrogens with one attached hydrogen (secondary N) is 2. The van der Waals surface area contributed by atoms with Crippen molar-refractivity contribution in [2.45, 2.75) is 70.6 Å². The molecule has 0 aromatic rings. The first-order chi connectivity index (χ1) is 13.4. The molecule has 164 valence electrons. The SMILES string of the molecule is CC(C)CC(N)C(=O)NC(C)C(=O)N1CCCC1C(=O)NC(CC(N)=O)C(=O)O. The predicted octanol–water partition coefficient (Wildman–Crippen LogP) is -1.70. The second-order valence-electron chi connectivity index (χ2n) is 7.73. The lowest BCUT2D eigenvalue weighted by Gasteiger charge is -2.28. The van der Waals surface area contributed by atoms with Crippen molar-refractivity contribution in [3.63, 3.8) is 0 Å². The van der Waals surface area contributed by atoms with E-state index in [0.29, 0.717) is 25.8 Å². The summed E-state index contributed by atoms with van der Waals surface area (Å²) in [7, 11) is 0. The minimum absolute atomic E-state index is 0.219. The molecule has 0 radical (unpaired) electrons.